The Balaban J connectivity index is 1.98. The summed E-state index contributed by atoms with van der Waals surface area (Å²) in [7, 11) is 0. The first-order chi connectivity index (χ1) is 10.2. The lowest BCUT2D eigenvalue weighted by atomic mass is 10.1. The average molecular weight is 277 g/mol. The second-order valence-electron chi connectivity index (χ2n) is 5.51. The molecule has 1 heterocycles. The number of fused-ring (bicyclic) bond motifs is 1. The fourth-order valence-corrected chi connectivity index (χ4v) is 2.62. The van der Waals surface area contributed by atoms with E-state index in [0.29, 0.717) is 5.92 Å². The van der Waals surface area contributed by atoms with E-state index in [9.17, 15) is 0 Å². The summed E-state index contributed by atoms with van der Waals surface area (Å²) in [6.45, 7) is 7.47. The highest BCUT2D eigenvalue weighted by Crippen LogP contribution is 2.45. The molecule has 3 nitrogen and oxygen atoms in total. The van der Waals surface area contributed by atoms with Crippen molar-refractivity contribution in [3.63, 3.8) is 0 Å². The zero-order chi connectivity index (χ0) is 14.8. The molecular weight excluding hydrogens is 258 g/mol. The van der Waals surface area contributed by atoms with E-state index >= 15 is 0 Å². The second kappa shape index (κ2) is 5.60. The van der Waals surface area contributed by atoms with Gasteiger partial charge in [-0.25, -0.2) is 9.97 Å². The Morgan fingerprint density at radius 1 is 1.38 bits per heavy atom. The average Bonchev–Trinajstić information content (AvgIpc) is 3.26. The van der Waals surface area contributed by atoms with Gasteiger partial charge in [-0.3, -0.25) is 4.99 Å². The second-order valence-corrected chi connectivity index (χ2v) is 5.51. The molecule has 1 saturated carbocycles. The molecule has 2 aliphatic rings. The summed E-state index contributed by atoms with van der Waals surface area (Å²) in [6, 6.07) is 2.00. The molecule has 3 rings (SSSR count). The first-order valence-corrected chi connectivity index (χ1v) is 7.26. The molecule has 0 saturated heterocycles. The maximum absolute atomic E-state index is 4.72. The van der Waals surface area contributed by atoms with Crippen LogP contribution in [0.15, 0.2) is 47.6 Å². The van der Waals surface area contributed by atoms with Crippen molar-refractivity contribution in [1.82, 2.24) is 9.97 Å². The highest BCUT2D eigenvalue weighted by molar-refractivity contribution is 5.75. The van der Waals surface area contributed by atoms with Crippen LogP contribution >= 0.6 is 0 Å². The highest BCUT2D eigenvalue weighted by atomic mass is 14.9. The molecule has 0 amide bonds. The Bertz CT molecular complexity index is 692. The van der Waals surface area contributed by atoms with Crippen molar-refractivity contribution >= 4 is 17.9 Å². The maximum Gasteiger partial charge on any atom is 0.159 e. The third kappa shape index (κ3) is 2.92. The van der Waals surface area contributed by atoms with Gasteiger partial charge in [0.25, 0.3) is 0 Å². The molecule has 2 aliphatic carbocycles. The van der Waals surface area contributed by atoms with E-state index in [1.165, 1.54) is 6.42 Å². The van der Waals surface area contributed by atoms with Crippen molar-refractivity contribution in [3.8, 4) is 0 Å². The van der Waals surface area contributed by atoms with Gasteiger partial charge in [-0.15, -0.1) is 0 Å². The molecule has 1 aromatic rings. The predicted octanol–water partition coefficient (Wildman–Crippen LogP) is 3.99. The summed E-state index contributed by atoms with van der Waals surface area (Å²) in [5, 5.41) is 0. The van der Waals surface area contributed by atoms with Gasteiger partial charge in [0.1, 0.15) is 0 Å². The Kier molecular flexibility index (Phi) is 3.65. The molecule has 3 heteroatoms. The van der Waals surface area contributed by atoms with Gasteiger partial charge in [-0.2, -0.15) is 0 Å². The molecule has 0 spiro atoms. The van der Waals surface area contributed by atoms with Crippen LogP contribution in [0.5, 0.6) is 0 Å². The lowest BCUT2D eigenvalue weighted by molar-refractivity contribution is 0.971. The van der Waals surface area contributed by atoms with E-state index in [1.807, 2.05) is 32.1 Å². The Hall–Kier alpha value is -2.29. The highest BCUT2D eigenvalue weighted by Gasteiger charge is 2.35. The summed E-state index contributed by atoms with van der Waals surface area (Å²) in [6.07, 6.45) is 13.6. The number of aliphatic imine (C=N–C) groups is 1. The van der Waals surface area contributed by atoms with Crippen molar-refractivity contribution in [2.75, 3.05) is 0 Å². The van der Waals surface area contributed by atoms with Gasteiger partial charge in [0.2, 0.25) is 0 Å². The molecule has 106 valence electrons. The third-order valence-electron chi connectivity index (χ3n) is 3.89. The topological polar surface area (TPSA) is 38.1 Å². The molecule has 0 N–H and O–H groups in total. The summed E-state index contributed by atoms with van der Waals surface area (Å²) >= 11 is 0. The van der Waals surface area contributed by atoms with E-state index in [2.05, 4.69) is 34.9 Å². The smallest absolute Gasteiger partial charge is 0.159 e. The standard InChI is InChI=1S/C18H19N3/c1-4-13(7-8-19-3)17-9-12(2)20-18(21-17)15-6-5-14-10-16(14)11-15/h4-9,11,14,16H,3,10H2,1-2H3/b8-7-,13-4+. The Morgan fingerprint density at radius 2 is 2.24 bits per heavy atom. The van der Waals surface area contributed by atoms with Crippen LogP contribution in [0.3, 0.4) is 0 Å². The normalized spacial score (nSPS) is 23.9. The first-order valence-electron chi connectivity index (χ1n) is 7.26. The first kappa shape index (κ1) is 13.7. The van der Waals surface area contributed by atoms with Crippen molar-refractivity contribution in [3.05, 3.63) is 59.9 Å². The van der Waals surface area contributed by atoms with E-state index in [4.69, 9.17) is 4.98 Å². The Labute approximate surface area is 125 Å². The van der Waals surface area contributed by atoms with Crippen LogP contribution < -0.4 is 0 Å². The molecule has 2 atom stereocenters. The zero-order valence-electron chi connectivity index (χ0n) is 12.5. The van der Waals surface area contributed by atoms with Gasteiger partial charge >= 0.3 is 0 Å². The van der Waals surface area contributed by atoms with Gasteiger partial charge in [0, 0.05) is 17.5 Å². The molecule has 0 bridgehead atoms. The molecule has 0 aromatic carbocycles. The molecule has 1 fully saturated rings. The summed E-state index contributed by atoms with van der Waals surface area (Å²) in [5.41, 5.74) is 4.06. The molecule has 1 aromatic heterocycles. The summed E-state index contributed by atoms with van der Waals surface area (Å²) in [4.78, 5) is 13.1. The fraction of sp³-hybridized carbons (Fsp3) is 0.278. The molecular formula is C18H19N3. The molecule has 0 radical (unpaired) electrons. The lowest BCUT2D eigenvalue weighted by Gasteiger charge is -2.09. The van der Waals surface area contributed by atoms with Gasteiger partial charge in [0.15, 0.2) is 5.82 Å². The number of allylic oxidation sites excluding steroid dienone is 7. The van der Waals surface area contributed by atoms with Crippen LogP contribution in [0.1, 0.15) is 30.6 Å². The quantitative estimate of drug-likeness (QED) is 0.616. The van der Waals surface area contributed by atoms with Crippen LogP contribution in [0.25, 0.3) is 11.1 Å². The number of rotatable bonds is 4. The Morgan fingerprint density at radius 3 is 2.95 bits per heavy atom. The van der Waals surface area contributed by atoms with Crippen molar-refractivity contribution in [1.29, 1.82) is 0 Å². The SMILES string of the molecule is C=N/C=C\C(=C/C)c1cc(C)nc(C2=CC3CC3C=C2)n1. The van der Waals surface area contributed by atoms with E-state index < -0.39 is 0 Å². The largest absolute Gasteiger partial charge is 0.272 e. The zero-order valence-corrected chi connectivity index (χ0v) is 12.5. The fourth-order valence-electron chi connectivity index (χ4n) is 2.62. The van der Waals surface area contributed by atoms with Gasteiger partial charge in [0.05, 0.1) is 5.69 Å². The summed E-state index contributed by atoms with van der Waals surface area (Å²) < 4.78 is 0. The minimum Gasteiger partial charge on any atom is -0.272 e. The third-order valence-corrected chi connectivity index (χ3v) is 3.89. The van der Waals surface area contributed by atoms with Gasteiger partial charge in [-0.1, -0.05) is 24.3 Å². The monoisotopic (exact) mass is 277 g/mol. The van der Waals surface area contributed by atoms with Crippen molar-refractivity contribution < 1.29 is 0 Å². The maximum atomic E-state index is 4.72. The number of nitrogens with zero attached hydrogens (tertiary/aromatic N) is 3. The molecule has 21 heavy (non-hydrogen) atoms. The van der Waals surface area contributed by atoms with Crippen LogP contribution in [0.4, 0.5) is 0 Å². The van der Waals surface area contributed by atoms with Crippen LogP contribution in [0, 0.1) is 18.8 Å². The minimum absolute atomic E-state index is 0.698. The van der Waals surface area contributed by atoms with E-state index in [-0.39, 0.29) is 0 Å². The van der Waals surface area contributed by atoms with E-state index in [1.54, 1.807) is 6.20 Å². The number of hydrogen-bond donors (Lipinski definition) is 0. The summed E-state index contributed by atoms with van der Waals surface area (Å²) in [5.74, 6) is 2.26. The van der Waals surface area contributed by atoms with Crippen LogP contribution in [-0.2, 0) is 0 Å². The van der Waals surface area contributed by atoms with Gasteiger partial charge in [-0.05, 0) is 56.5 Å². The lowest BCUT2D eigenvalue weighted by Crippen LogP contribution is -2.01. The minimum atomic E-state index is 0.698. The van der Waals surface area contributed by atoms with Crippen molar-refractivity contribution in [2.24, 2.45) is 16.8 Å². The molecule has 0 aliphatic heterocycles. The van der Waals surface area contributed by atoms with E-state index in [0.717, 1.165) is 34.3 Å². The number of aromatic nitrogens is 2. The molecule has 2 unspecified atom stereocenters. The van der Waals surface area contributed by atoms with Crippen LogP contribution in [0.2, 0.25) is 0 Å². The number of aryl methyl sites for hydroxylation is 1. The predicted molar refractivity (Wildman–Crippen MR) is 87.8 cm³/mol. The van der Waals surface area contributed by atoms with Crippen molar-refractivity contribution in [2.45, 2.75) is 20.3 Å². The van der Waals surface area contributed by atoms with Crippen LogP contribution in [-0.4, -0.2) is 16.7 Å². The van der Waals surface area contributed by atoms with Gasteiger partial charge < -0.3 is 0 Å². The number of hydrogen-bond acceptors (Lipinski definition) is 3.